The van der Waals surface area contributed by atoms with Gasteiger partial charge < -0.3 is 4.90 Å². The molecule has 0 bridgehead atoms. The highest BCUT2D eigenvalue weighted by atomic mass is 16.2. The maximum absolute atomic E-state index is 12.2. The van der Waals surface area contributed by atoms with E-state index in [1.54, 1.807) is 7.05 Å². The molecule has 0 unspecified atom stereocenters. The van der Waals surface area contributed by atoms with Crippen LogP contribution in [0.15, 0.2) is 30.3 Å². The predicted molar refractivity (Wildman–Crippen MR) is 69.6 cm³/mol. The summed E-state index contributed by atoms with van der Waals surface area (Å²) in [5.74, 6) is 0.926. The van der Waals surface area contributed by atoms with Gasteiger partial charge in [0.15, 0.2) is 0 Å². The molecular formula is C13H16N4O. The Morgan fingerprint density at radius 3 is 2.50 bits per heavy atom. The summed E-state index contributed by atoms with van der Waals surface area (Å²) in [7, 11) is 1.71. The van der Waals surface area contributed by atoms with Crippen molar-refractivity contribution < 1.29 is 4.79 Å². The Morgan fingerprint density at radius 2 is 1.94 bits per heavy atom. The van der Waals surface area contributed by atoms with E-state index in [4.69, 9.17) is 0 Å². The highest BCUT2D eigenvalue weighted by Crippen LogP contribution is 2.14. The third-order valence-corrected chi connectivity index (χ3v) is 2.69. The van der Waals surface area contributed by atoms with Gasteiger partial charge in [0.25, 0.3) is 5.91 Å². The minimum atomic E-state index is -0.218. The smallest absolute Gasteiger partial charge is 0.297 e. The van der Waals surface area contributed by atoms with Gasteiger partial charge in [0.1, 0.15) is 5.82 Å². The van der Waals surface area contributed by atoms with Crippen molar-refractivity contribution in [3.8, 4) is 0 Å². The second-order valence-corrected chi connectivity index (χ2v) is 4.40. The zero-order valence-corrected chi connectivity index (χ0v) is 10.7. The van der Waals surface area contributed by atoms with Crippen molar-refractivity contribution in [3.05, 3.63) is 42.0 Å². The monoisotopic (exact) mass is 244 g/mol. The summed E-state index contributed by atoms with van der Waals surface area (Å²) in [5, 5.41) is 6.74. The van der Waals surface area contributed by atoms with Crippen LogP contribution in [0.25, 0.3) is 0 Å². The molecule has 1 heterocycles. The zero-order chi connectivity index (χ0) is 13.1. The van der Waals surface area contributed by atoms with E-state index >= 15 is 0 Å². The Morgan fingerprint density at radius 1 is 1.28 bits per heavy atom. The van der Waals surface area contributed by atoms with Gasteiger partial charge in [-0.3, -0.25) is 9.89 Å². The van der Waals surface area contributed by atoms with E-state index < -0.39 is 0 Å². The van der Waals surface area contributed by atoms with Crippen LogP contribution >= 0.6 is 0 Å². The molecule has 0 saturated carbocycles. The fraction of sp³-hybridized carbons (Fsp3) is 0.308. The molecule has 2 rings (SSSR count). The second-order valence-electron chi connectivity index (χ2n) is 4.40. The van der Waals surface area contributed by atoms with E-state index in [0.717, 1.165) is 11.5 Å². The molecule has 0 spiro atoms. The topological polar surface area (TPSA) is 61.9 Å². The van der Waals surface area contributed by atoms with E-state index in [1.807, 2.05) is 44.2 Å². The number of carbonyl (C=O) groups is 1. The SMILES string of the molecule is CC(C)c1nc(C(=O)N(C)c2ccccc2)n[nH]1. The molecule has 18 heavy (non-hydrogen) atoms. The summed E-state index contributed by atoms with van der Waals surface area (Å²) >= 11 is 0. The minimum absolute atomic E-state index is 0.199. The Balaban J connectivity index is 2.20. The van der Waals surface area contributed by atoms with Gasteiger partial charge in [-0.1, -0.05) is 32.0 Å². The van der Waals surface area contributed by atoms with E-state index in [2.05, 4.69) is 15.2 Å². The Hall–Kier alpha value is -2.17. The van der Waals surface area contributed by atoms with Crippen LogP contribution in [0, 0.1) is 0 Å². The molecular weight excluding hydrogens is 228 g/mol. The number of H-pyrrole nitrogens is 1. The highest BCUT2D eigenvalue weighted by molar-refractivity contribution is 6.03. The number of nitrogens with zero attached hydrogens (tertiary/aromatic N) is 3. The molecule has 0 fully saturated rings. The van der Waals surface area contributed by atoms with Gasteiger partial charge in [-0.05, 0) is 12.1 Å². The molecule has 0 aliphatic rings. The third kappa shape index (κ3) is 2.40. The van der Waals surface area contributed by atoms with Gasteiger partial charge in [0.05, 0.1) is 0 Å². The molecule has 5 heteroatoms. The number of amides is 1. The molecule has 1 aromatic carbocycles. The van der Waals surface area contributed by atoms with Crippen molar-refractivity contribution in [1.82, 2.24) is 15.2 Å². The van der Waals surface area contributed by atoms with E-state index in [9.17, 15) is 4.79 Å². The summed E-state index contributed by atoms with van der Waals surface area (Å²) in [4.78, 5) is 17.9. The lowest BCUT2D eigenvalue weighted by molar-refractivity contribution is 0.0983. The number of benzene rings is 1. The van der Waals surface area contributed by atoms with Crippen molar-refractivity contribution in [2.75, 3.05) is 11.9 Å². The number of rotatable bonds is 3. The minimum Gasteiger partial charge on any atom is -0.309 e. The first-order valence-corrected chi connectivity index (χ1v) is 5.85. The summed E-state index contributed by atoms with van der Waals surface area (Å²) in [5.41, 5.74) is 0.818. The van der Waals surface area contributed by atoms with Crippen LogP contribution in [-0.2, 0) is 0 Å². The first kappa shape index (κ1) is 12.3. The van der Waals surface area contributed by atoms with Gasteiger partial charge in [0.2, 0.25) is 5.82 Å². The third-order valence-electron chi connectivity index (χ3n) is 2.69. The van der Waals surface area contributed by atoms with Gasteiger partial charge in [-0.25, -0.2) is 4.98 Å². The van der Waals surface area contributed by atoms with Gasteiger partial charge >= 0.3 is 0 Å². The highest BCUT2D eigenvalue weighted by Gasteiger charge is 2.18. The molecule has 1 N–H and O–H groups in total. The van der Waals surface area contributed by atoms with Crippen LogP contribution in [0.2, 0.25) is 0 Å². The molecule has 0 atom stereocenters. The molecule has 1 aromatic heterocycles. The lowest BCUT2D eigenvalue weighted by Gasteiger charge is -2.14. The summed E-state index contributed by atoms with van der Waals surface area (Å²) < 4.78 is 0. The molecule has 0 aliphatic carbocycles. The lowest BCUT2D eigenvalue weighted by Crippen LogP contribution is -2.27. The number of para-hydroxylation sites is 1. The van der Waals surface area contributed by atoms with Crippen LogP contribution < -0.4 is 4.90 Å². The fourth-order valence-electron chi connectivity index (χ4n) is 1.55. The van der Waals surface area contributed by atoms with Crippen LogP contribution in [0.1, 0.15) is 36.2 Å². The first-order chi connectivity index (χ1) is 8.59. The zero-order valence-electron chi connectivity index (χ0n) is 10.7. The molecule has 0 aliphatic heterocycles. The van der Waals surface area contributed by atoms with Crippen LogP contribution in [0.5, 0.6) is 0 Å². The normalized spacial score (nSPS) is 10.7. The van der Waals surface area contributed by atoms with Crippen LogP contribution in [0.3, 0.4) is 0 Å². The van der Waals surface area contributed by atoms with Crippen molar-refractivity contribution in [2.45, 2.75) is 19.8 Å². The van der Waals surface area contributed by atoms with Crippen LogP contribution in [0.4, 0.5) is 5.69 Å². The maximum Gasteiger partial charge on any atom is 0.297 e. The Labute approximate surface area is 106 Å². The van der Waals surface area contributed by atoms with Gasteiger partial charge in [0, 0.05) is 18.7 Å². The molecule has 0 radical (unpaired) electrons. The number of aromatic amines is 1. The number of carbonyl (C=O) groups excluding carboxylic acids is 1. The van der Waals surface area contributed by atoms with E-state index in [-0.39, 0.29) is 17.6 Å². The molecule has 5 nitrogen and oxygen atoms in total. The largest absolute Gasteiger partial charge is 0.309 e. The number of hydrogen-bond donors (Lipinski definition) is 1. The van der Waals surface area contributed by atoms with E-state index in [0.29, 0.717) is 0 Å². The van der Waals surface area contributed by atoms with Crippen molar-refractivity contribution >= 4 is 11.6 Å². The summed E-state index contributed by atoms with van der Waals surface area (Å²) in [6.45, 7) is 3.99. The molecule has 0 saturated heterocycles. The Kier molecular flexibility index (Phi) is 3.41. The molecule has 94 valence electrons. The van der Waals surface area contributed by atoms with Crippen molar-refractivity contribution in [3.63, 3.8) is 0 Å². The standard InChI is InChI=1S/C13H16N4O/c1-9(2)11-14-12(16-15-11)13(18)17(3)10-7-5-4-6-8-10/h4-9H,1-3H3,(H,14,15,16). The van der Waals surface area contributed by atoms with E-state index in [1.165, 1.54) is 4.90 Å². The summed E-state index contributed by atoms with van der Waals surface area (Å²) in [6.07, 6.45) is 0. The average molecular weight is 244 g/mol. The fourth-order valence-corrected chi connectivity index (χ4v) is 1.55. The average Bonchev–Trinajstić information content (AvgIpc) is 2.88. The van der Waals surface area contributed by atoms with Crippen molar-refractivity contribution in [2.24, 2.45) is 0 Å². The quantitative estimate of drug-likeness (QED) is 0.900. The number of nitrogens with one attached hydrogen (secondary N) is 1. The van der Waals surface area contributed by atoms with Crippen molar-refractivity contribution in [1.29, 1.82) is 0 Å². The summed E-state index contributed by atoms with van der Waals surface area (Å²) in [6, 6.07) is 9.42. The van der Waals surface area contributed by atoms with Gasteiger partial charge in [-0.15, -0.1) is 5.10 Å². The second kappa shape index (κ2) is 5.00. The number of aromatic nitrogens is 3. The number of anilines is 1. The molecule has 2 aromatic rings. The maximum atomic E-state index is 12.2. The molecule has 1 amide bonds. The van der Waals surface area contributed by atoms with Gasteiger partial charge in [-0.2, -0.15) is 0 Å². The van der Waals surface area contributed by atoms with Crippen LogP contribution in [-0.4, -0.2) is 28.1 Å². The number of hydrogen-bond acceptors (Lipinski definition) is 3. The lowest BCUT2D eigenvalue weighted by atomic mass is 10.2. The predicted octanol–water partition coefficient (Wildman–Crippen LogP) is 2.20. The Bertz CT molecular complexity index is 533. The first-order valence-electron chi connectivity index (χ1n) is 5.85.